The Bertz CT molecular complexity index is 1480. The molecule has 2 aromatic carbocycles. The Kier molecular flexibility index (Phi) is 6.31. The van der Waals surface area contributed by atoms with E-state index in [1.54, 1.807) is 52.9 Å². The third-order valence-electron chi connectivity index (χ3n) is 6.39. The Morgan fingerprint density at radius 3 is 2.47 bits per heavy atom. The van der Waals surface area contributed by atoms with Crippen LogP contribution in [0.2, 0.25) is 0 Å². The second-order valence-corrected chi connectivity index (χ2v) is 10.3. The third-order valence-corrected chi connectivity index (χ3v) is 7.76. The highest BCUT2D eigenvalue weighted by Crippen LogP contribution is 2.25. The number of carbonyl (C=O) groups excluding carboxylic acids is 1. The van der Waals surface area contributed by atoms with Gasteiger partial charge >= 0.3 is 0 Å². The average Bonchev–Trinajstić information content (AvgIpc) is 3.34. The number of piperazine rings is 1. The summed E-state index contributed by atoms with van der Waals surface area (Å²) in [6.07, 6.45) is 4.48. The van der Waals surface area contributed by atoms with Gasteiger partial charge in [-0.05, 0) is 49.4 Å². The molecule has 1 aliphatic rings. The Balaban J connectivity index is 1.22. The Morgan fingerprint density at radius 2 is 1.78 bits per heavy atom. The predicted octanol–water partition coefficient (Wildman–Crippen LogP) is 3.28. The van der Waals surface area contributed by atoms with Crippen molar-refractivity contribution in [3.8, 4) is 0 Å². The molecule has 0 unspecified atom stereocenters. The van der Waals surface area contributed by atoms with Gasteiger partial charge in [0.2, 0.25) is 5.91 Å². The predicted molar refractivity (Wildman–Crippen MR) is 135 cm³/mol. The molecule has 0 bridgehead atoms. The first-order valence-electron chi connectivity index (χ1n) is 11.5. The van der Waals surface area contributed by atoms with Gasteiger partial charge in [0.25, 0.3) is 10.0 Å². The van der Waals surface area contributed by atoms with Crippen LogP contribution in [0.4, 0.5) is 15.9 Å². The maximum absolute atomic E-state index is 14.4. The lowest BCUT2D eigenvalue weighted by atomic mass is 10.2. The fraction of sp³-hybridized carbons (Fsp3) is 0.240. The third kappa shape index (κ3) is 4.61. The van der Waals surface area contributed by atoms with E-state index in [0.29, 0.717) is 31.7 Å². The van der Waals surface area contributed by atoms with Gasteiger partial charge in [-0.3, -0.25) is 9.52 Å². The van der Waals surface area contributed by atoms with Gasteiger partial charge in [0.05, 0.1) is 10.4 Å². The molecule has 1 saturated heterocycles. The van der Waals surface area contributed by atoms with Crippen LogP contribution in [0.3, 0.4) is 0 Å². The summed E-state index contributed by atoms with van der Waals surface area (Å²) < 4.78 is 43.7. The normalized spacial score (nSPS) is 15.2. The minimum absolute atomic E-state index is 0.0624. The number of rotatable bonds is 6. The molecule has 186 valence electrons. The molecule has 1 fully saturated rings. The van der Waals surface area contributed by atoms with Crippen LogP contribution in [0, 0.1) is 5.82 Å². The van der Waals surface area contributed by atoms with Crippen LogP contribution in [0.1, 0.15) is 13.0 Å². The van der Waals surface area contributed by atoms with Crippen LogP contribution in [-0.2, 0) is 14.8 Å². The van der Waals surface area contributed by atoms with Gasteiger partial charge in [-0.25, -0.2) is 22.8 Å². The van der Waals surface area contributed by atoms with E-state index in [1.165, 1.54) is 24.7 Å². The highest BCUT2D eigenvalue weighted by atomic mass is 32.2. The SMILES string of the molecule is C[C@H](C(=O)N1CCN(c2ccc(S(=O)(=O)Nc3ccncn3)cc2)CC1)n1ccc2cccc(F)c21. The number of hydrogen-bond acceptors (Lipinski definition) is 6. The van der Waals surface area contributed by atoms with E-state index in [0.717, 1.165) is 11.1 Å². The molecule has 1 N–H and O–H groups in total. The van der Waals surface area contributed by atoms with E-state index in [-0.39, 0.29) is 22.4 Å². The van der Waals surface area contributed by atoms with Crippen LogP contribution in [0.15, 0.2) is 78.2 Å². The van der Waals surface area contributed by atoms with E-state index in [4.69, 9.17) is 0 Å². The maximum Gasteiger partial charge on any atom is 0.263 e. The molecule has 9 nitrogen and oxygen atoms in total. The number of nitrogens with zero attached hydrogens (tertiary/aromatic N) is 5. The zero-order valence-electron chi connectivity index (χ0n) is 19.6. The van der Waals surface area contributed by atoms with Crippen molar-refractivity contribution in [2.75, 3.05) is 35.8 Å². The van der Waals surface area contributed by atoms with E-state index < -0.39 is 16.1 Å². The lowest BCUT2D eigenvalue weighted by molar-refractivity contribution is -0.134. The number of hydrogen-bond donors (Lipinski definition) is 1. The smallest absolute Gasteiger partial charge is 0.263 e. The number of amides is 1. The number of anilines is 2. The lowest BCUT2D eigenvalue weighted by Crippen LogP contribution is -2.50. The second-order valence-electron chi connectivity index (χ2n) is 8.58. The topological polar surface area (TPSA) is 100 Å². The highest BCUT2D eigenvalue weighted by molar-refractivity contribution is 7.92. The summed E-state index contributed by atoms with van der Waals surface area (Å²) >= 11 is 0. The molecule has 4 aromatic rings. The molecule has 1 atom stereocenters. The number of sulfonamides is 1. The number of para-hydroxylation sites is 1. The summed E-state index contributed by atoms with van der Waals surface area (Å²) in [7, 11) is -3.77. The molecule has 11 heteroatoms. The monoisotopic (exact) mass is 508 g/mol. The molecule has 3 heterocycles. The molecule has 1 aliphatic heterocycles. The first-order chi connectivity index (χ1) is 17.3. The molecule has 0 aliphatic carbocycles. The number of halogens is 1. The van der Waals surface area contributed by atoms with Crippen molar-refractivity contribution >= 4 is 38.3 Å². The standard InChI is InChI=1S/C25H25FN6O3S/c1-18(32-12-10-19-3-2-4-22(26)24(19)32)25(33)31-15-13-30(14-16-31)20-5-7-21(8-6-20)36(34,35)29-23-9-11-27-17-28-23/h2-12,17-18H,13-16H2,1H3,(H,27,28,29)/t18-/m1/s1. The van der Waals surface area contributed by atoms with Crippen molar-refractivity contribution in [1.29, 1.82) is 0 Å². The number of nitrogens with one attached hydrogen (secondary N) is 1. The summed E-state index contributed by atoms with van der Waals surface area (Å²) in [6.45, 7) is 4.02. The van der Waals surface area contributed by atoms with Crippen molar-refractivity contribution in [2.24, 2.45) is 0 Å². The molecule has 0 saturated carbocycles. The van der Waals surface area contributed by atoms with Crippen LogP contribution < -0.4 is 9.62 Å². The van der Waals surface area contributed by atoms with E-state index in [9.17, 15) is 17.6 Å². The highest BCUT2D eigenvalue weighted by Gasteiger charge is 2.27. The van der Waals surface area contributed by atoms with Crippen LogP contribution in [0.25, 0.3) is 10.9 Å². The number of aromatic nitrogens is 3. The zero-order chi connectivity index (χ0) is 25.3. The molecule has 5 rings (SSSR count). The minimum Gasteiger partial charge on any atom is -0.368 e. The fourth-order valence-corrected chi connectivity index (χ4v) is 5.46. The Morgan fingerprint density at radius 1 is 1.03 bits per heavy atom. The van der Waals surface area contributed by atoms with Crippen LogP contribution in [0.5, 0.6) is 0 Å². The Labute approximate surface area is 208 Å². The van der Waals surface area contributed by atoms with Gasteiger partial charge in [0.1, 0.15) is 24.0 Å². The summed E-state index contributed by atoms with van der Waals surface area (Å²) in [5, 5.41) is 0.761. The summed E-state index contributed by atoms with van der Waals surface area (Å²) in [4.78, 5) is 24.9. The Hall–Kier alpha value is -3.99. The first-order valence-corrected chi connectivity index (χ1v) is 13.0. The van der Waals surface area contributed by atoms with Gasteiger partial charge in [0, 0.05) is 49.6 Å². The molecule has 36 heavy (non-hydrogen) atoms. The van der Waals surface area contributed by atoms with E-state index in [2.05, 4.69) is 19.6 Å². The van der Waals surface area contributed by atoms with Gasteiger partial charge in [0.15, 0.2) is 0 Å². The molecule has 0 radical (unpaired) electrons. The van der Waals surface area contributed by atoms with Gasteiger partial charge < -0.3 is 14.4 Å². The van der Waals surface area contributed by atoms with Gasteiger partial charge in [-0.2, -0.15) is 0 Å². The van der Waals surface area contributed by atoms with E-state index >= 15 is 0 Å². The largest absolute Gasteiger partial charge is 0.368 e. The van der Waals surface area contributed by atoms with Crippen molar-refractivity contribution in [3.05, 3.63) is 79.1 Å². The average molecular weight is 509 g/mol. The zero-order valence-corrected chi connectivity index (χ0v) is 20.4. The van der Waals surface area contributed by atoms with Gasteiger partial charge in [-0.1, -0.05) is 12.1 Å². The van der Waals surface area contributed by atoms with Crippen molar-refractivity contribution in [1.82, 2.24) is 19.4 Å². The van der Waals surface area contributed by atoms with Gasteiger partial charge in [-0.15, -0.1) is 0 Å². The van der Waals surface area contributed by atoms with Crippen LogP contribution >= 0.6 is 0 Å². The summed E-state index contributed by atoms with van der Waals surface area (Å²) in [5.74, 6) is -0.216. The number of carbonyl (C=O) groups is 1. The van der Waals surface area contributed by atoms with Crippen molar-refractivity contribution < 1.29 is 17.6 Å². The van der Waals surface area contributed by atoms with Crippen LogP contribution in [-0.4, -0.2) is 59.9 Å². The minimum atomic E-state index is -3.77. The van der Waals surface area contributed by atoms with Crippen molar-refractivity contribution in [3.63, 3.8) is 0 Å². The molecular formula is C25H25FN6O3S. The number of benzene rings is 2. The summed E-state index contributed by atoms with van der Waals surface area (Å²) in [5.41, 5.74) is 1.30. The molecule has 0 spiro atoms. The first kappa shape index (κ1) is 23.7. The molecule has 1 amide bonds. The van der Waals surface area contributed by atoms with E-state index in [1.807, 2.05) is 12.1 Å². The second kappa shape index (κ2) is 9.57. The fourth-order valence-electron chi connectivity index (χ4n) is 4.45. The maximum atomic E-state index is 14.4. The van der Waals surface area contributed by atoms with Crippen molar-refractivity contribution in [2.45, 2.75) is 17.9 Å². The lowest BCUT2D eigenvalue weighted by Gasteiger charge is -2.37. The molecule has 2 aromatic heterocycles. The quantitative estimate of drug-likeness (QED) is 0.429. The molecular weight excluding hydrogens is 483 g/mol. The number of fused-ring (bicyclic) bond motifs is 1. The summed E-state index contributed by atoms with van der Waals surface area (Å²) in [6, 6.07) is 14.2.